The first kappa shape index (κ1) is 38.0. The second kappa shape index (κ2) is 14.7. The lowest BCUT2D eigenvalue weighted by Crippen LogP contribution is -1.87. The van der Waals surface area contributed by atoms with Gasteiger partial charge in [0.25, 0.3) is 0 Å². The molecule has 0 bridgehead atoms. The Kier molecular flexibility index (Phi) is 8.21. The van der Waals surface area contributed by atoms with E-state index in [9.17, 15) is 0 Å². The number of thiophene rings is 2. The predicted octanol–water partition coefficient (Wildman–Crippen LogP) is 20.0. The van der Waals surface area contributed by atoms with Gasteiger partial charge >= 0.3 is 0 Å². The highest BCUT2D eigenvalue weighted by Gasteiger charge is 2.17. The Morgan fingerprint density at radius 2 is 0.500 bits per heavy atom. The summed E-state index contributed by atoms with van der Waals surface area (Å²) in [6, 6.07) is 86.4. The molecule has 314 valence electrons. The summed E-state index contributed by atoms with van der Waals surface area (Å²) in [5, 5.41) is 20.8. The van der Waals surface area contributed by atoms with Crippen molar-refractivity contribution in [3.8, 4) is 44.5 Å². The van der Waals surface area contributed by atoms with Gasteiger partial charge in [-0.2, -0.15) is 0 Å². The molecule has 2 aromatic heterocycles. The molecule has 2 heteroatoms. The first-order valence-electron chi connectivity index (χ1n) is 23.4. The molecular formula is C66H38S2. The van der Waals surface area contributed by atoms with E-state index < -0.39 is 0 Å². The number of benzene rings is 13. The van der Waals surface area contributed by atoms with Crippen molar-refractivity contribution >= 4 is 128 Å². The van der Waals surface area contributed by atoms with E-state index in [0.29, 0.717) is 0 Å². The summed E-state index contributed by atoms with van der Waals surface area (Å²) in [5.41, 5.74) is 9.98. The molecule has 2 heterocycles. The van der Waals surface area contributed by atoms with Crippen molar-refractivity contribution in [2.45, 2.75) is 0 Å². The van der Waals surface area contributed by atoms with E-state index >= 15 is 0 Å². The van der Waals surface area contributed by atoms with E-state index in [2.05, 4.69) is 231 Å². The highest BCUT2D eigenvalue weighted by Crippen LogP contribution is 2.46. The molecule has 68 heavy (non-hydrogen) atoms. The SMILES string of the molecule is c1cc(-c2ccc3c4ccccc4c4ccccc4c3c2)cc(-c2cccc3c2sc2ccc(-c4ccc5c6ccccc6c6cc(-c7cccc8c7sc7ccccc78)ccc6c5c4)cc23)c1. The fraction of sp³-hybridized carbons (Fsp3) is 0. The molecule has 13 aromatic carbocycles. The molecular weight excluding hydrogens is 857 g/mol. The van der Waals surface area contributed by atoms with Gasteiger partial charge in [-0.3, -0.25) is 0 Å². The highest BCUT2D eigenvalue weighted by molar-refractivity contribution is 7.26. The molecule has 0 saturated carbocycles. The maximum absolute atomic E-state index is 2.44. The number of rotatable bonds is 4. The smallest absolute Gasteiger partial charge is 0.0433 e. The number of fused-ring (bicyclic) bond motifs is 18. The molecule has 0 spiro atoms. The highest BCUT2D eigenvalue weighted by atomic mass is 32.1. The zero-order valence-electron chi connectivity index (χ0n) is 36.8. The molecule has 0 unspecified atom stereocenters. The van der Waals surface area contributed by atoms with Gasteiger partial charge in [0.1, 0.15) is 0 Å². The molecule has 0 aliphatic heterocycles. The van der Waals surface area contributed by atoms with Crippen LogP contribution in [0, 0.1) is 0 Å². The molecule has 15 rings (SSSR count). The minimum Gasteiger partial charge on any atom is -0.135 e. The second-order valence-corrected chi connectivity index (χ2v) is 20.4. The minimum absolute atomic E-state index is 1.23. The molecule has 0 atom stereocenters. The third-order valence-electron chi connectivity index (χ3n) is 14.6. The molecule has 0 N–H and O–H groups in total. The van der Waals surface area contributed by atoms with Crippen molar-refractivity contribution in [3.05, 3.63) is 231 Å². The van der Waals surface area contributed by atoms with E-state index in [0.717, 1.165) is 0 Å². The topological polar surface area (TPSA) is 0 Å². The van der Waals surface area contributed by atoms with Gasteiger partial charge in [-0.1, -0.05) is 188 Å². The first-order valence-corrected chi connectivity index (χ1v) is 25.0. The Balaban J connectivity index is 0.835. The van der Waals surface area contributed by atoms with Crippen LogP contribution < -0.4 is 0 Å². The van der Waals surface area contributed by atoms with Crippen LogP contribution in [0.3, 0.4) is 0 Å². The van der Waals surface area contributed by atoms with Crippen molar-refractivity contribution in [3.63, 3.8) is 0 Å². The van der Waals surface area contributed by atoms with E-state index in [-0.39, 0.29) is 0 Å². The summed E-state index contributed by atoms with van der Waals surface area (Å²) in [4.78, 5) is 0. The van der Waals surface area contributed by atoms with Crippen LogP contribution in [0.2, 0.25) is 0 Å². The maximum Gasteiger partial charge on any atom is 0.0433 e. The fourth-order valence-corrected chi connectivity index (χ4v) is 13.9. The molecule has 0 saturated heterocycles. The molecule has 0 aliphatic rings. The molecule has 0 nitrogen and oxygen atoms in total. The van der Waals surface area contributed by atoms with Crippen LogP contribution in [0.4, 0.5) is 0 Å². The normalized spacial score (nSPS) is 12.1. The van der Waals surface area contributed by atoms with E-state index in [4.69, 9.17) is 0 Å². The molecule has 0 aliphatic carbocycles. The van der Waals surface area contributed by atoms with Gasteiger partial charge < -0.3 is 0 Å². The van der Waals surface area contributed by atoms with Gasteiger partial charge in [-0.05, 0) is 152 Å². The monoisotopic (exact) mass is 894 g/mol. The summed E-state index contributed by atoms with van der Waals surface area (Å²) in [7, 11) is 0. The summed E-state index contributed by atoms with van der Waals surface area (Å²) in [6.07, 6.45) is 0. The summed E-state index contributed by atoms with van der Waals surface area (Å²) >= 11 is 3.80. The zero-order valence-corrected chi connectivity index (χ0v) is 38.4. The lowest BCUT2D eigenvalue weighted by molar-refractivity contribution is 1.63. The molecule has 0 fully saturated rings. The van der Waals surface area contributed by atoms with E-state index in [1.54, 1.807) is 0 Å². The van der Waals surface area contributed by atoms with Gasteiger partial charge in [0.05, 0.1) is 0 Å². The lowest BCUT2D eigenvalue weighted by atomic mass is 9.90. The first-order chi connectivity index (χ1) is 33.7. The van der Waals surface area contributed by atoms with Crippen molar-refractivity contribution in [2.75, 3.05) is 0 Å². The maximum atomic E-state index is 2.44. The predicted molar refractivity (Wildman–Crippen MR) is 299 cm³/mol. The molecule has 0 amide bonds. The van der Waals surface area contributed by atoms with Crippen molar-refractivity contribution < 1.29 is 0 Å². The van der Waals surface area contributed by atoms with Crippen LogP contribution in [-0.2, 0) is 0 Å². The van der Waals surface area contributed by atoms with Crippen LogP contribution in [-0.4, -0.2) is 0 Å². The number of hydrogen-bond acceptors (Lipinski definition) is 2. The van der Waals surface area contributed by atoms with Gasteiger partial charge in [0, 0.05) is 40.3 Å². The molecule has 15 aromatic rings. The summed E-state index contributed by atoms with van der Waals surface area (Å²) in [6.45, 7) is 0. The van der Waals surface area contributed by atoms with Crippen LogP contribution >= 0.6 is 22.7 Å². The lowest BCUT2D eigenvalue weighted by Gasteiger charge is -2.14. The van der Waals surface area contributed by atoms with Crippen LogP contribution in [0.15, 0.2) is 231 Å². The Hall–Kier alpha value is -8.14. The van der Waals surface area contributed by atoms with E-state index in [1.165, 1.54) is 149 Å². The third-order valence-corrected chi connectivity index (χ3v) is 17.1. The zero-order chi connectivity index (χ0) is 44.5. The largest absolute Gasteiger partial charge is 0.135 e. The Bertz CT molecular complexity index is 4590. The minimum atomic E-state index is 1.23. The quantitative estimate of drug-likeness (QED) is 0.154. The molecule has 0 radical (unpaired) electrons. The van der Waals surface area contributed by atoms with Gasteiger partial charge in [0.15, 0.2) is 0 Å². The number of hydrogen-bond donors (Lipinski definition) is 0. The summed E-state index contributed by atoms with van der Waals surface area (Å²) in [5.74, 6) is 0. The average Bonchev–Trinajstić information content (AvgIpc) is 3.99. The summed E-state index contributed by atoms with van der Waals surface area (Å²) < 4.78 is 5.31. The van der Waals surface area contributed by atoms with Gasteiger partial charge in [-0.25, -0.2) is 0 Å². The van der Waals surface area contributed by atoms with Crippen LogP contribution in [0.25, 0.3) is 149 Å². The van der Waals surface area contributed by atoms with Crippen LogP contribution in [0.5, 0.6) is 0 Å². The van der Waals surface area contributed by atoms with Gasteiger partial charge in [0.2, 0.25) is 0 Å². The van der Waals surface area contributed by atoms with Crippen LogP contribution in [0.1, 0.15) is 0 Å². The van der Waals surface area contributed by atoms with Crippen molar-refractivity contribution in [1.29, 1.82) is 0 Å². The van der Waals surface area contributed by atoms with E-state index in [1.807, 2.05) is 22.7 Å². The third kappa shape index (κ3) is 5.66. The Morgan fingerprint density at radius 1 is 0.176 bits per heavy atom. The Morgan fingerprint density at radius 3 is 1.06 bits per heavy atom. The van der Waals surface area contributed by atoms with Crippen molar-refractivity contribution in [2.24, 2.45) is 0 Å². The average molecular weight is 895 g/mol. The standard InChI is InChI=1S/C66H38S2/c1-2-16-49-47(14-1)48-15-3-5-18-51(48)59-35-40(26-30-53(49)59)39-12-9-13-43(34-39)45-21-11-24-58-62-37-42(29-33-64(62)68-66(45)58)41-27-31-54-50-17-4-6-19-52(50)61-38-44(28-32-55(61)60(54)36-41)46-22-10-23-57-56-20-7-8-25-63(56)67-65(46)57/h1-38H. The van der Waals surface area contributed by atoms with Crippen molar-refractivity contribution in [1.82, 2.24) is 0 Å². The fourth-order valence-electron chi connectivity index (χ4n) is 11.4. The Labute approximate surface area is 400 Å². The van der Waals surface area contributed by atoms with Gasteiger partial charge in [-0.15, -0.1) is 22.7 Å². The second-order valence-electron chi connectivity index (χ2n) is 18.3.